The fourth-order valence-electron chi connectivity index (χ4n) is 0.946. The zero-order valence-electron chi connectivity index (χ0n) is 8.86. The highest BCUT2D eigenvalue weighted by Gasteiger charge is 2.03. The summed E-state index contributed by atoms with van der Waals surface area (Å²) in [5.41, 5.74) is 5.07. The van der Waals surface area contributed by atoms with Crippen LogP contribution in [0, 0.1) is 0 Å². The molecule has 0 amide bonds. The molecule has 0 bridgehead atoms. The first-order valence-electron chi connectivity index (χ1n) is 4.67. The van der Waals surface area contributed by atoms with Gasteiger partial charge in [0.1, 0.15) is 6.04 Å². The average Bonchev–Trinajstić information content (AvgIpc) is 2.20. The summed E-state index contributed by atoms with van der Waals surface area (Å²) >= 11 is 0. The minimum Gasteiger partial charge on any atom is -0.468 e. The van der Waals surface area contributed by atoms with E-state index in [1.165, 1.54) is 32.8 Å². The van der Waals surface area contributed by atoms with Crippen molar-refractivity contribution < 1.29 is 9.53 Å². The first-order chi connectivity index (χ1) is 6.18. The van der Waals surface area contributed by atoms with E-state index in [9.17, 15) is 4.79 Å². The van der Waals surface area contributed by atoms with E-state index < -0.39 is 6.04 Å². The lowest BCUT2D eigenvalue weighted by Crippen LogP contribution is -2.27. The van der Waals surface area contributed by atoms with E-state index in [0.29, 0.717) is 0 Å². The van der Waals surface area contributed by atoms with Crippen LogP contribution < -0.4 is 5.73 Å². The van der Waals surface area contributed by atoms with Crippen LogP contribution in [0.3, 0.4) is 0 Å². The fourth-order valence-corrected chi connectivity index (χ4v) is 0.946. The highest BCUT2D eigenvalue weighted by Crippen LogP contribution is 2.07. The Morgan fingerprint density at radius 1 is 1.36 bits per heavy atom. The van der Waals surface area contributed by atoms with Crippen molar-refractivity contribution in [1.82, 2.24) is 0 Å². The Labute approximate surface area is 92.1 Å². The number of carbonyl (C=O) groups is 1. The number of allylic oxidation sites excluding steroid dienone is 2. The van der Waals surface area contributed by atoms with Crippen LogP contribution in [0.15, 0.2) is 12.2 Å². The Hall–Kier alpha value is -0.540. The van der Waals surface area contributed by atoms with E-state index in [4.69, 9.17) is 5.73 Å². The number of halogens is 1. The van der Waals surface area contributed by atoms with Crippen LogP contribution in [0.25, 0.3) is 0 Å². The first kappa shape index (κ1) is 15.9. The number of nitrogens with two attached hydrogens (primary N) is 1. The summed E-state index contributed by atoms with van der Waals surface area (Å²) in [5.74, 6) is -0.375. The van der Waals surface area contributed by atoms with Crippen molar-refractivity contribution in [2.45, 2.75) is 38.6 Å². The van der Waals surface area contributed by atoms with Gasteiger partial charge in [-0.25, -0.2) is 0 Å². The van der Waals surface area contributed by atoms with E-state index in [2.05, 4.69) is 16.9 Å². The van der Waals surface area contributed by atoms with Gasteiger partial charge in [0.15, 0.2) is 0 Å². The monoisotopic (exact) mass is 221 g/mol. The molecule has 1 aliphatic carbocycles. The van der Waals surface area contributed by atoms with Gasteiger partial charge < -0.3 is 10.5 Å². The van der Waals surface area contributed by atoms with Gasteiger partial charge in [-0.15, -0.1) is 12.4 Å². The molecule has 0 heterocycles. The average molecular weight is 222 g/mol. The number of hydrogen-bond donors (Lipinski definition) is 1. The van der Waals surface area contributed by atoms with Gasteiger partial charge in [-0.05, 0) is 32.6 Å². The maximum Gasteiger partial charge on any atom is 0.322 e. The maximum absolute atomic E-state index is 10.2. The van der Waals surface area contributed by atoms with Crippen LogP contribution in [0.2, 0.25) is 0 Å². The van der Waals surface area contributed by atoms with E-state index >= 15 is 0 Å². The summed E-state index contributed by atoms with van der Waals surface area (Å²) < 4.78 is 4.25. The van der Waals surface area contributed by atoms with Gasteiger partial charge in [0.25, 0.3) is 0 Å². The molecule has 0 saturated carbocycles. The quantitative estimate of drug-likeness (QED) is 0.545. The molecule has 1 rings (SSSR count). The van der Waals surface area contributed by atoms with Crippen molar-refractivity contribution in [2.75, 3.05) is 7.11 Å². The SMILES string of the molecule is C1=CCCCC1.COC(=O)[C@H](C)N.Cl. The summed E-state index contributed by atoms with van der Waals surface area (Å²) in [6, 6.07) is -0.495. The lowest BCUT2D eigenvalue weighted by Gasteiger charge is -1.98. The molecule has 4 heteroatoms. The third-order valence-corrected chi connectivity index (χ3v) is 1.73. The van der Waals surface area contributed by atoms with Gasteiger partial charge in [-0.2, -0.15) is 0 Å². The van der Waals surface area contributed by atoms with Crippen molar-refractivity contribution in [3.63, 3.8) is 0 Å². The summed E-state index contributed by atoms with van der Waals surface area (Å²) in [5, 5.41) is 0. The molecule has 0 aromatic rings. The highest BCUT2D eigenvalue weighted by atomic mass is 35.5. The van der Waals surface area contributed by atoms with Crippen LogP contribution in [-0.2, 0) is 9.53 Å². The number of hydrogen-bond acceptors (Lipinski definition) is 3. The number of esters is 1. The Kier molecular flexibility index (Phi) is 12.0. The fraction of sp³-hybridized carbons (Fsp3) is 0.700. The van der Waals surface area contributed by atoms with Gasteiger partial charge >= 0.3 is 5.97 Å². The molecule has 0 aliphatic heterocycles. The number of ether oxygens (including phenoxy) is 1. The number of rotatable bonds is 1. The number of methoxy groups -OCH3 is 1. The molecule has 0 spiro atoms. The molecule has 84 valence electrons. The minimum atomic E-state index is -0.495. The second-order valence-electron chi connectivity index (χ2n) is 3.07. The highest BCUT2D eigenvalue weighted by molar-refractivity contribution is 5.85. The van der Waals surface area contributed by atoms with E-state index in [-0.39, 0.29) is 18.4 Å². The van der Waals surface area contributed by atoms with Gasteiger partial charge in [-0.1, -0.05) is 12.2 Å². The Balaban J connectivity index is 0. The van der Waals surface area contributed by atoms with Crippen LogP contribution in [0.5, 0.6) is 0 Å². The van der Waals surface area contributed by atoms with Crippen LogP contribution in [0.1, 0.15) is 32.6 Å². The molecular weight excluding hydrogens is 202 g/mol. The molecule has 1 atom stereocenters. The maximum atomic E-state index is 10.2. The third kappa shape index (κ3) is 9.55. The number of carbonyl (C=O) groups excluding carboxylic acids is 1. The normalized spacial score (nSPS) is 15.6. The summed E-state index contributed by atoms with van der Waals surface area (Å²) in [6.07, 6.45) is 10.0. The molecule has 3 nitrogen and oxygen atoms in total. The van der Waals surface area contributed by atoms with Crippen molar-refractivity contribution in [1.29, 1.82) is 0 Å². The van der Waals surface area contributed by atoms with Crippen molar-refractivity contribution >= 4 is 18.4 Å². The van der Waals surface area contributed by atoms with Crippen LogP contribution in [-0.4, -0.2) is 19.1 Å². The summed E-state index contributed by atoms with van der Waals surface area (Å²) in [7, 11) is 1.31. The molecule has 0 aromatic carbocycles. The molecule has 0 fully saturated rings. The van der Waals surface area contributed by atoms with E-state index in [0.717, 1.165) is 0 Å². The predicted octanol–water partition coefficient (Wildman–Crippen LogP) is 2.04. The van der Waals surface area contributed by atoms with Crippen LogP contribution >= 0.6 is 12.4 Å². The molecule has 2 N–H and O–H groups in total. The second-order valence-corrected chi connectivity index (χ2v) is 3.07. The Bertz CT molecular complexity index is 162. The van der Waals surface area contributed by atoms with Crippen molar-refractivity contribution in [3.8, 4) is 0 Å². The predicted molar refractivity (Wildman–Crippen MR) is 60.5 cm³/mol. The van der Waals surface area contributed by atoms with Gasteiger partial charge in [-0.3, -0.25) is 4.79 Å². The third-order valence-electron chi connectivity index (χ3n) is 1.73. The molecule has 0 unspecified atom stereocenters. The van der Waals surface area contributed by atoms with Crippen molar-refractivity contribution in [3.05, 3.63) is 12.2 Å². The van der Waals surface area contributed by atoms with E-state index in [1.54, 1.807) is 6.92 Å². The molecule has 0 radical (unpaired) electrons. The zero-order chi connectivity index (χ0) is 10.1. The second kappa shape index (κ2) is 10.5. The lowest BCUT2D eigenvalue weighted by molar-refractivity contribution is -0.141. The molecule has 0 saturated heterocycles. The molecular formula is C10H20ClNO2. The zero-order valence-corrected chi connectivity index (χ0v) is 9.68. The molecule has 1 aliphatic rings. The standard InChI is InChI=1S/C6H10.C4H9NO2.ClH/c1-2-4-6-5-3-1;1-3(5)4(6)7-2;/h1-2H,3-6H2;3H,5H2,1-2H3;1H/t;3-;/m.0./s1. The van der Waals surface area contributed by atoms with Crippen LogP contribution in [0.4, 0.5) is 0 Å². The molecule has 14 heavy (non-hydrogen) atoms. The van der Waals surface area contributed by atoms with E-state index in [1.807, 2.05) is 0 Å². The van der Waals surface area contributed by atoms with Gasteiger partial charge in [0.05, 0.1) is 7.11 Å². The minimum absolute atomic E-state index is 0. The smallest absolute Gasteiger partial charge is 0.322 e. The summed E-state index contributed by atoms with van der Waals surface area (Å²) in [6.45, 7) is 1.58. The Morgan fingerprint density at radius 3 is 1.86 bits per heavy atom. The summed E-state index contributed by atoms with van der Waals surface area (Å²) in [4.78, 5) is 10.2. The van der Waals surface area contributed by atoms with Crippen molar-refractivity contribution in [2.24, 2.45) is 5.73 Å². The van der Waals surface area contributed by atoms with Gasteiger partial charge in [0, 0.05) is 0 Å². The largest absolute Gasteiger partial charge is 0.468 e. The molecule has 0 aromatic heterocycles. The lowest BCUT2D eigenvalue weighted by atomic mass is 10.1. The topological polar surface area (TPSA) is 52.3 Å². The van der Waals surface area contributed by atoms with Gasteiger partial charge in [0.2, 0.25) is 0 Å². The Morgan fingerprint density at radius 2 is 1.79 bits per heavy atom. The first-order valence-corrected chi connectivity index (χ1v) is 4.67.